The van der Waals surface area contributed by atoms with E-state index in [9.17, 15) is 0 Å². The average Bonchev–Trinajstić information content (AvgIpc) is 2.69. The van der Waals surface area contributed by atoms with Crippen LogP contribution >= 0.6 is 24.0 Å². The maximum atomic E-state index is 5.55. The van der Waals surface area contributed by atoms with Gasteiger partial charge in [0.2, 0.25) is 0 Å². The van der Waals surface area contributed by atoms with Crippen molar-refractivity contribution >= 4 is 29.9 Å². The lowest BCUT2D eigenvalue weighted by molar-refractivity contribution is 0.330. The molecule has 0 aliphatic rings. The zero-order chi connectivity index (χ0) is 19.5. The van der Waals surface area contributed by atoms with Crippen LogP contribution in [0.5, 0.6) is 11.5 Å². The fourth-order valence-electron chi connectivity index (χ4n) is 2.55. The molecule has 150 valence electrons. The summed E-state index contributed by atoms with van der Waals surface area (Å²) < 4.78 is 10.9. The standard InChI is InChI=1S/C22H27N3O2.HI/c1-5-13-27-21-14-18(11-12-20(21)26-4)15-24-22(23-6-2)25-16-19-10-8-7-9-17(19)3;/h1,7-12,14H,6,13,15-16H2,2-4H3,(H2,23,24,25);1H. The Morgan fingerprint density at radius 2 is 1.93 bits per heavy atom. The fraction of sp³-hybridized carbons (Fsp3) is 0.318. The van der Waals surface area contributed by atoms with E-state index in [0.29, 0.717) is 18.0 Å². The number of benzene rings is 2. The number of guanidine groups is 1. The minimum absolute atomic E-state index is 0. The molecule has 0 spiro atoms. The van der Waals surface area contributed by atoms with Gasteiger partial charge >= 0.3 is 0 Å². The zero-order valence-electron chi connectivity index (χ0n) is 16.6. The average molecular weight is 493 g/mol. The molecule has 2 aromatic rings. The Labute approximate surface area is 185 Å². The van der Waals surface area contributed by atoms with Gasteiger partial charge in [0.25, 0.3) is 0 Å². The summed E-state index contributed by atoms with van der Waals surface area (Å²) in [5.74, 6) is 4.51. The van der Waals surface area contributed by atoms with Crippen LogP contribution < -0.4 is 20.1 Å². The molecule has 0 aromatic heterocycles. The molecule has 5 nitrogen and oxygen atoms in total. The molecule has 0 aliphatic carbocycles. The van der Waals surface area contributed by atoms with Crippen molar-refractivity contribution in [1.29, 1.82) is 0 Å². The predicted octanol–water partition coefficient (Wildman–Crippen LogP) is 3.89. The molecule has 0 saturated carbocycles. The van der Waals surface area contributed by atoms with Gasteiger partial charge in [0.15, 0.2) is 17.5 Å². The first-order chi connectivity index (χ1) is 13.2. The van der Waals surface area contributed by atoms with Gasteiger partial charge in [0, 0.05) is 13.1 Å². The van der Waals surface area contributed by atoms with E-state index in [-0.39, 0.29) is 30.6 Å². The molecule has 6 heteroatoms. The van der Waals surface area contributed by atoms with Gasteiger partial charge in [-0.3, -0.25) is 0 Å². The van der Waals surface area contributed by atoms with Crippen molar-refractivity contribution in [3.05, 3.63) is 59.2 Å². The molecule has 0 aliphatic heterocycles. The number of ether oxygens (including phenoxy) is 2. The summed E-state index contributed by atoms with van der Waals surface area (Å²) in [6.07, 6.45) is 5.28. The largest absolute Gasteiger partial charge is 0.493 e. The van der Waals surface area contributed by atoms with Crippen LogP contribution in [0.25, 0.3) is 0 Å². The number of nitrogens with one attached hydrogen (secondary N) is 2. The molecule has 0 radical (unpaired) electrons. The first-order valence-electron chi connectivity index (χ1n) is 8.97. The summed E-state index contributed by atoms with van der Waals surface area (Å²) in [6.45, 7) is 6.37. The Bertz CT molecular complexity index is 816. The van der Waals surface area contributed by atoms with Crippen molar-refractivity contribution in [2.24, 2.45) is 4.99 Å². The molecule has 2 rings (SSSR count). The number of methoxy groups -OCH3 is 1. The van der Waals surface area contributed by atoms with Gasteiger partial charge in [-0.15, -0.1) is 30.4 Å². The number of nitrogens with zero attached hydrogens (tertiary/aromatic N) is 1. The Morgan fingerprint density at radius 1 is 1.14 bits per heavy atom. The maximum absolute atomic E-state index is 5.55. The van der Waals surface area contributed by atoms with Gasteiger partial charge in [-0.05, 0) is 42.7 Å². The van der Waals surface area contributed by atoms with Gasteiger partial charge < -0.3 is 20.1 Å². The van der Waals surface area contributed by atoms with Crippen LogP contribution in [0.3, 0.4) is 0 Å². The SMILES string of the molecule is C#CCOc1cc(CN=C(NCC)NCc2ccccc2C)ccc1OC.I. The van der Waals surface area contributed by atoms with Gasteiger partial charge in [-0.25, -0.2) is 4.99 Å². The van der Waals surface area contributed by atoms with E-state index < -0.39 is 0 Å². The maximum Gasteiger partial charge on any atom is 0.191 e. The van der Waals surface area contributed by atoms with E-state index >= 15 is 0 Å². The third kappa shape index (κ3) is 7.31. The van der Waals surface area contributed by atoms with Crippen molar-refractivity contribution in [3.63, 3.8) is 0 Å². The third-order valence-corrected chi connectivity index (χ3v) is 4.01. The fourth-order valence-corrected chi connectivity index (χ4v) is 2.55. The molecule has 28 heavy (non-hydrogen) atoms. The number of terminal acetylenes is 1. The molecule has 0 saturated heterocycles. The second-order valence-electron chi connectivity index (χ2n) is 5.95. The molecule has 0 atom stereocenters. The van der Waals surface area contributed by atoms with Crippen molar-refractivity contribution in [1.82, 2.24) is 10.6 Å². The summed E-state index contributed by atoms with van der Waals surface area (Å²) in [6, 6.07) is 14.1. The highest BCUT2D eigenvalue weighted by Gasteiger charge is 2.06. The van der Waals surface area contributed by atoms with E-state index in [1.165, 1.54) is 11.1 Å². The molecular formula is C22H28IN3O2. The summed E-state index contributed by atoms with van der Waals surface area (Å²) in [5, 5.41) is 6.65. The van der Waals surface area contributed by atoms with E-state index in [1.54, 1.807) is 7.11 Å². The number of rotatable bonds is 8. The quantitative estimate of drug-likeness (QED) is 0.254. The molecule has 0 unspecified atom stereocenters. The Balaban J connectivity index is 0.00000392. The first-order valence-corrected chi connectivity index (χ1v) is 8.97. The molecule has 0 heterocycles. The van der Waals surface area contributed by atoms with Crippen LogP contribution in [0.2, 0.25) is 0 Å². The second-order valence-corrected chi connectivity index (χ2v) is 5.95. The Morgan fingerprint density at radius 3 is 2.61 bits per heavy atom. The van der Waals surface area contributed by atoms with Crippen LogP contribution in [0.4, 0.5) is 0 Å². The van der Waals surface area contributed by atoms with Gasteiger partial charge in [0.05, 0.1) is 13.7 Å². The lowest BCUT2D eigenvalue weighted by Gasteiger charge is -2.13. The van der Waals surface area contributed by atoms with Crippen LogP contribution in [-0.2, 0) is 13.1 Å². The van der Waals surface area contributed by atoms with Crippen LogP contribution in [0, 0.1) is 19.3 Å². The van der Waals surface area contributed by atoms with Crippen LogP contribution in [0.1, 0.15) is 23.6 Å². The molecule has 0 amide bonds. The molecular weight excluding hydrogens is 465 g/mol. The molecule has 2 aromatic carbocycles. The van der Waals surface area contributed by atoms with Crippen LogP contribution in [0.15, 0.2) is 47.5 Å². The molecule has 0 fully saturated rings. The topological polar surface area (TPSA) is 54.9 Å². The number of hydrogen-bond acceptors (Lipinski definition) is 3. The monoisotopic (exact) mass is 493 g/mol. The van der Waals surface area contributed by atoms with E-state index in [0.717, 1.165) is 24.6 Å². The highest BCUT2D eigenvalue weighted by atomic mass is 127. The molecule has 2 N–H and O–H groups in total. The zero-order valence-corrected chi connectivity index (χ0v) is 18.9. The highest BCUT2D eigenvalue weighted by Crippen LogP contribution is 2.28. The van der Waals surface area contributed by atoms with Crippen molar-refractivity contribution < 1.29 is 9.47 Å². The van der Waals surface area contributed by atoms with Gasteiger partial charge in [-0.1, -0.05) is 36.3 Å². The normalized spacial score (nSPS) is 10.4. The van der Waals surface area contributed by atoms with Crippen molar-refractivity contribution in [2.45, 2.75) is 26.9 Å². The lowest BCUT2D eigenvalue weighted by atomic mass is 10.1. The minimum Gasteiger partial charge on any atom is -0.493 e. The van der Waals surface area contributed by atoms with E-state index in [4.69, 9.17) is 15.9 Å². The number of aryl methyl sites for hydroxylation is 1. The summed E-state index contributed by atoms with van der Waals surface area (Å²) >= 11 is 0. The van der Waals surface area contributed by atoms with E-state index in [1.807, 2.05) is 37.3 Å². The van der Waals surface area contributed by atoms with E-state index in [2.05, 4.69) is 40.6 Å². The second kappa shape index (κ2) is 12.9. The van der Waals surface area contributed by atoms with Crippen LogP contribution in [-0.4, -0.2) is 26.2 Å². The number of hydrogen-bond donors (Lipinski definition) is 2. The Hall–Kier alpha value is -2.40. The third-order valence-electron chi connectivity index (χ3n) is 4.01. The Kier molecular flexibility index (Phi) is 10.9. The first kappa shape index (κ1) is 23.6. The predicted molar refractivity (Wildman–Crippen MR) is 126 cm³/mol. The summed E-state index contributed by atoms with van der Waals surface area (Å²) in [5.41, 5.74) is 3.51. The number of aliphatic imine (C=N–C) groups is 1. The van der Waals surface area contributed by atoms with Crippen molar-refractivity contribution in [2.75, 3.05) is 20.3 Å². The van der Waals surface area contributed by atoms with Gasteiger partial charge in [-0.2, -0.15) is 0 Å². The minimum atomic E-state index is 0. The summed E-state index contributed by atoms with van der Waals surface area (Å²) in [4.78, 5) is 4.66. The number of halogens is 1. The molecule has 0 bridgehead atoms. The summed E-state index contributed by atoms with van der Waals surface area (Å²) in [7, 11) is 1.61. The van der Waals surface area contributed by atoms with Crippen molar-refractivity contribution in [3.8, 4) is 23.8 Å². The lowest BCUT2D eigenvalue weighted by Crippen LogP contribution is -2.36. The smallest absolute Gasteiger partial charge is 0.191 e. The van der Waals surface area contributed by atoms with Gasteiger partial charge in [0.1, 0.15) is 6.61 Å². The highest BCUT2D eigenvalue weighted by molar-refractivity contribution is 14.0.